The first-order valence-corrected chi connectivity index (χ1v) is 9.13. The first kappa shape index (κ1) is 21.5. The molecule has 0 aliphatic rings. The van der Waals surface area contributed by atoms with Crippen molar-refractivity contribution in [3.8, 4) is 11.5 Å². The number of phenolic OH excluding ortho intramolecular Hbond substituents is 2. The van der Waals surface area contributed by atoms with Gasteiger partial charge in [0.05, 0.1) is 12.8 Å². The maximum atomic E-state index is 11.7. The molecule has 1 aromatic rings. The van der Waals surface area contributed by atoms with Crippen LogP contribution < -0.4 is 10.7 Å². The number of rotatable bonds is 12. The van der Waals surface area contributed by atoms with Crippen LogP contribution in [0.2, 0.25) is 0 Å². The van der Waals surface area contributed by atoms with Crippen molar-refractivity contribution in [1.82, 2.24) is 10.7 Å². The fraction of sp³-hybridized carbons (Fsp3) is 0.526. The Hall–Kier alpha value is -2.57. The number of hydrazone groups is 1. The molecule has 1 aromatic carbocycles. The highest BCUT2D eigenvalue weighted by atomic mass is 16.3. The zero-order chi connectivity index (χ0) is 19.2. The smallest absolute Gasteiger partial charge is 0.259 e. The van der Waals surface area contributed by atoms with Crippen LogP contribution in [0.5, 0.6) is 11.5 Å². The van der Waals surface area contributed by atoms with E-state index < -0.39 is 5.91 Å². The fourth-order valence-corrected chi connectivity index (χ4v) is 2.36. The highest BCUT2D eigenvalue weighted by Gasteiger charge is 2.05. The normalized spacial score (nSPS) is 10.8. The van der Waals surface area contributed by atoms with Gasteiger partial charge in [-0.1, -0.05) is 45.4 Å². The Kier molecular flexibility index (Phi) is 10.5. The van der Waals surface area contributed by atoms with Gasteiger partial charge in [0.25, 0.3) is 5.91 Å². The van der Waals surface area contributed by atoms with Crippen LogP contribution in [0.15, 0.2) is 23.3 Å². The number of nitrogens with one attached hydrogen (secondary N) is 2. The van der Waals surface area contributed by atoms with Crippen molar-refractivity contribution in [3.05, 3.63) is 23.8 Å². The molecule has 0 fully saturated rings. The van der Waals surface area contributed by atoms with Crippen LogP contribution >= 0.6 is 0 Å². The molecular formula is C19H29N3O4. The van der Waals surface area contributed by atoms with Gasteiger partial charge in [0, 0.05) is 18.1 Å². The van der Waals surface area contributed by atoms with Gasteiger partial charge in [0.15, 0.2) is 0 Å². The van der Waals surface area contributed by atoms with E-state index in [0.717, 1.165) is 19.3 Å². The molecule has 0 aliphatic heterocycles. The topological polar surface area (TPSA) is 111 Å². The van der Waals surface area contributed by atoms with Crippen LogP contribution in [0, 0.1) is 0 Å². The maximum Gasteiger partial charge on any atom is 0.259 e. The summed E-state index contributed by atoms with van der Waals surface area (Å²) in [6.07, 6.45) is 9.65. The van der Waals surface area contributed by atoms with Gasteiger partial charge in [0.2, 0.25) is 5.91 Å². The Balaban J connectivity index is 2.13. The third kappa shape index (κ3) is 9.66. The largest absolute Gasteiger partial charge is 0.508 e. The standard InChI is InChI=1S/C19H29N3O4/c1-2-3-4-5-6-7-8-9-18(25)20-14-19(26)22-21-13-15-10-11-16(23)12-17(15)24/h10-13,23-24H,2-9,14H2,1H3,(H,20,25)(H,22,26)/b21-13+. The van der Waals surface area contributed by atoms with Crippen molar-refractivity contribution >= 4 is 18.0 Å². The number of amides is 2. The molecule has 0 atom stereocenters. The quantitative estimate of drug-likeness (QED) is 0.260. The minimum atomic E-state index is -0.451. The summed E-state index contributed by atoms with van der Waals surface area (Å²) in [6, 6.07) is 4.03. The number of carbonyl (C=O) groups excluding carboxylic acids is 2. The van der Waals surface area contributed by atoms with Gasteiger partial charge >= 0.3 is 0 Å². The summed E-state index contributed by atoms with van der Waals surface area (Å²) in [4.78, 5) is 23.3. The van der Waals surface area contributed by atoms with Gasteiger partial charge in [-0.15, -0.1) is 0 Å². The van der Waals surface area contributed by atoms with Crippen molar-refractivity contribution in [3.63, 3.8) is 0 Å². The second-order valence-electron chi connectivity index (χ2n) is 6.18. The van der Waals surface area contributed by atoms with Gasteiger partial charge in [0.1, 0.15) is 11.5 Å². The monoisotopic (exact) mass is 363 g/mol. The van der Waals surface area contributed by atoms with E-state index in [2.05, 4.69) is 22.8 Å². The zero-order valence-corrected chi connectivity index (χ0v) is 15.3. The summed E-state index contributed by atoms with van der Waals surface area (Å²) >= 11 is 0. The molecule has 7 heteroatoms. The van der Waals surface area contributed by atoms with Crippen molar-refractivity contribution in [2.45, 2.75) is 58.3 Å². The number of hydrogen-bond acceptors (Lipinski definition) is 5. The molecular weight excluding hydrogens is 334 g/mol. The number of hydrogen-bond donors (Lipinski definition) is 4. The van der Waals surface area contributed by atoms with E-state index in [4.69, 9.17) is 0 Å². The lowest BCUT2D eigenvalue weighted by Gasteiger charge is -2.04. The van der Waals surface area contributed by atoms with Gasteiger partial charge in [-0.3, -0.25) is 9.59 Å². The number of benzene rings is 1. The molecule has 4 N–H and O–H groups in total. The van der Waals surface area contributed by atoms with E-state index >= 15 is 0 Å². The molecule has 0 bridgehead atoms. The molecule has 144 valence electrons. The van der Waals surface area contributed by atoms with E-state index in [1.807, 2.05) is 0 Å². The molecule has 1 rings (SSSR count). The van der Waals surface area contributed by atoms with Crippen molar-refractivity contribution in [2.75, 3.05) is 6.54 Å². The lowest BCUT2D eigenvalue weighted by molar-refractivity contribution is -0.126. The molecule has 7 nitrogen and oxygen atoms in total. The van der Waals surface area contributed by atoms with Crippen LogP contribution in [0.25, 0.3) is 0 Å². The minimum Gasteiger partial charge on any atom is -0.508 e. The van der Waals surface area contributed by atoms with Crippen molar-refractivity contribution in [1.29, 1.82) is 0 Å². The molecule has 0 saturated carbocycles. The number of unbranched alkanes of at least 4 members (excludes halogenated alkanes) is 6. The lowest BCUT2D eigenvalue weighted by Crippen LogP contribution is -2.34. The zero-order valence-electron chi connectivity index (χ0n) is 15.3. The molecule has 0 aromatic heterocycles. The van der Waals surface area contributed by atoms with E-state index in [9.17, 15) is 19.8 Å². The van der Waals surface area contributed by atoms with Crippen LogP contribution in [-0.4, -0.2) is 34.8 Å². The summed E-state index contributed by atoms with van der Waals surface area (Å²) in [5.74, 6) is -0.806. The van der Waals surface area contributed by atoms with Gasteiger partial charge in [-0.25, -0.2) is 5.43 Å². The molecule has 0 saturated heterocycles. The van der Waals surface area contributed by atoms with Crippen LogP contribution in [0.1, 0.15) is 63.9 Å². The fourth-order valence-electron chi connectivity index (χ4n) is 2.36. The third-order valence-electron chi connectivity index (χ3n) is 3.86. The Morgan fingerprint density at radius 2 is 1.73 bits per heavy atom. The lowest BCUT2D eigenvalue weighted by atomic mass is 10.1. The summed E-state index contributed by atoms with van der Waals surface area (Å²) in [5.41, 5.74) is 2.62. The van der Waals surface area contributed by atoms with Crippen LogP contribution in [-0.2, 0) is 9.59 Å². The summed E-state index contributed by atoms with van der Waals surface area (Å²) in [7, 11) is 0. The van der Waals surface area contributed by atoms with Crippen LogP contribution in [0.3, 0.4) is 0 Å². The SMILES string of the molecule is CCCCCCCCCC(=O)NCC(=O)N/N=C/c1ccc(O)cc1O. The van der Waals surface area contributed by atoms with Crippen molar-refractivity contribution in [2.24, 2.45) is 5.10 Å². The highest BCUT2D eigenvalue weighted by molar-refractivity contribution is 5.87. The van der Waals surface area contributed by atoms with E-state index in [1.165, 1.54) is 50.1 Å². The summed E-state index contributed by atoms with van der Waals surface area (Å²) in [6.45, 7) is 2.04. The Labute approximate surface area is 154 Å². The Bertz CT molecular complexity index is 602. The third-order valence-corrected chi connectivity index (χ3v) is 3.86. The van der Waals surface area contributed by atoms with E-state index in [-0.39, 0.29) is 24.0 Å². The second-order valence-corrected chi connectivity index (χ2v) is 6.18. The Morgan fingerprint density at radius 3 is 2.42 bits per heavy atom. The van der Waals surface area contributed by atoms with E-state index in [1.54, 1.807) is 0 Å². The molecule has 0 unspecified atom stereocenters. The molecule has 0 spiro atoms. The summed E-state index contributed by atoms with van der Waals surface area (Å²) < 4.78 is 0. The molecule has 26 heavy (non-hydrogen) atoms. The highest BCUT2D eigenvalue weighted by Crippen LogP contribution is 2.20. The first-order valence-electron chi connectivity index (χ1n) is 9.13. The molecule has 2 amide bonds. The number of nitrogens with zero attached hydrogens (tertiary/aromatic N) is 1. The number of carbonyl (C=O) groups is 2. The van der Waals surface area contributed by atoms with Gasteiger partial charge in [-0.2, -0.15) is 5.10 Å². The summed E-state index contributed by atoms with van der Waals surface area (Å²) in [5, 5.41) is 25.0. The van der Waals surface area contributed by atoms with Gasteiger partial charge in [-0.05, 0) is 18.6 Å². The molecule has 0 radical (unpaired) electrons. The van der Waals surface area contributed by atoms with Crippen LogP contribution in [0.4, 0.5) is 0 Å². The molecule has 0 aliphatic carbocycles. The number of phenols is 2. The van der Waals surface area contributed by atoms with Gasteiger partial charge < -0.3 is 15.5 Å². The predicted molar refractivity (Wildman–Crippen MR) is 101 cm³/mol. The van der Waals surface area contributed by atoms with Crippen molar-refractivity contribution < 1.29 is 19.8 Å². The second kappa shape index (κ2) is 12.7. The molecule has 0 heterocycles. The first-order chi connectivity index (χ1) is 12.5. The maximum absolute atomic E-state index is 11.7. The van der Waals surface area contributed by atoms with E-state index in [0.29, 0.717) is 12.0 Å². The predicted octanol–water partition coefficient (Wildman–Crippen LogP) is 2.80. The minimum absolute atomic E-state index is 0.0626. The number of aromatic hydroxyl groups is 2. The average Bonchev–Trinajstić information content (AvgIpc) is 2.61. The average molecular weight is 363 g/mol. The Morgan fingerprint density at radius 1 is 1.04 bits per heavy atom.